The van der Waals surface area contributed by atoms with Crippen LogP contribution in [0.15, 0.2) is 49.1 Å². The zero-order valence-corrected chi connectivity index (χ0v) is 13.4. The van der Waals surface area contributed by atoms with Gasteiger partial charge in [0.05, 0.1) is 5.92 Å². The molecule has 2 aromatic rings. The maximum absolute atomic E-state index is 12.3. The quantitative estimate of drug-likeness (QED) is 0.866. The Balaban J connectivity index is 1.47. The number of likely N-dealkylation sites (tertiary alicyclic amines) is 1. The first-order valence-electron chi connectivity index (χ1n) is 8.05. The first-order chi connectivity index (χ1) is 11.7. The molecule has 124 valence electrons. The maximum atomic E-state index is 12.3. The molecule has 2 amide bonds. The number of amides is 2. The number of carbonyl (C=O) groups is 2. The summed E-state index contributed by atoms with van der Waals surface area (Å²) in [6.45, 7) is 1.56. The van der Waals surface area contributed by atoms with Gasteiger partial charge in [0, 0.05) is 50.8 Å². The predicted molar refractivity (Wildman–Crippen MR) is 88.7 cm³/mol. The molecule has 3 rings (SSSR count). The van der Waals surface area contributed by atoms with Crippen LogP contribution in [0, 0.1) is 5.92 Å². The van der Waals surface area contributed by atoms with E-state index in [2.05, 4.69) is 15.3 Å². The lowest BCUT2D eigenvalue weighted by atomic mass is 10.1. The third-order valence-corrected chi connectivity index (χ3v) is 4.14. The van der Waals surface area contributed by atoms with E-state index >= 15 is 0 Å². The molecular formula is C18H20N4O2. The summed E-state index contributed by atoms with van der Waals surface area (Å²) in [5.41, 5.74) is 2.11. The van der Waals surface area contributed by atoms with Crippen LogP contribution in [0.1, 0.15) is 17.5 Å². The Morgan fingerprint density at radius 2 is 2.00 bits per heavy atom. The van der Waals surface area contributed by atoms with E-state index in [9.17, 15) is 9.59 Å². The Morgan fingerprint density at radius 1 is 1.17 bits per heavy atom. The van der Waals surface area contributed by atoms with Crippen LogP contribution in [0.4, 0.5) is 0 Å². The first-order valence-corrected chi connectivity index (χ1v) is 8.05. The van der Waals surface area contributed by atoms with Crippen molar-refractivity contribution in [1.29, 1.82) is 0 Å². The van der Waals surface area contributed by atoms with Gasteiger partial charge in [-0.05, 0) is 35.7 Å². The second-order valence-corrected chi connectivity index (χ2v) is 5.93. The van der Waals surface area contributed by atoms with E-state index < -0.39 is 0 Å². The summed E-state index contributed by atoms with van der Waals surface area (Å²) in [5.74, 6) is -0.295. The molecular weight excluding hydrogens is 304 g/mol. The molecule has 1 N–H and O–H groups in total. The molecule has 6 heteroatoms. The lowest BCUT2D eigenvalue weighted by Gasteiger charge is -2.16. The molecule has 0 unspecified atom stereocenters. The predicted octanol–water partition coefficient (Wildman–Crippen LogP) is 1.18. The number of nitrogens with one attached hydrogen (secondary N) is 1. The van der Waals surface area contributed by atoms with Gasteiger partial charge in [-0.2, -0.15) is 0 Å². The fraction of sp³-hybridized carbons (Fsp3) is 0.333. The van der Waals surface area contributed by atoms with Crippen molar-refractivity contribution < 1.29 is 9.59 Å². The molecule has 0 aliphatic carbocycles. The molecule has 0 aromatic carbocycles. The largest absolute Gasteiger partial charge is 0.355 e. The minimum absolute atomic E-state index is 0.0271. The summed E-state index contributed by atoms with van der Waals surface area (Å²) in [6.07, 6.45) is 7.95. The molecule has 3 heterocycles. The van der Waals surface area contributed by atoms with Crippen LogP contribution in [0.5, 0.6) is 0 Å². The highest BCUT2D eigenvalue weighted by molar-refractivity contribution is 5.89. The van der Waals surface area contributed by atoms with Gasteiger partial charge >= 0.3 is 0 Å². The number of hydrogen-bond donors (Lipinski definition) is 1. The van der Waals surface area contributed by atoms with Gasteiger partial charge in [0.1, 0.15) is 0 Å². The van der Waals surface area contributed by atoms with Gasteiger partial charge < -0.3 is 10.2 Å². The van der Waals surface area contributed by atoms with Gasteiger partial charge in [0.25, 0.3) is 0 Å². The summed E-state index contributed by atoms with van der Waals surface area (Å²) in [7, 11) is 0. The second kappa shape index (κ2) is 7.68. The fourth-order valence-corrected chi connectivity index (χ4v) is 2.83. The Hall–Kier alpha value is -2.76. The molecule has 0 spiro atoms. The number of aromatic nitrogens is 2. The topological polar surface area (TPSA) is 75.2 Å². The molecule has 0 radical (unpaired) electrons. The van der Waals surface area contributed by atoms with E-state index in [4.69, 9.17) is 0 Å². The minimum Gasteiger partial charge on any atom is -0.355 e. The van der Waals surface area contributed by atoms with Crippen molar-refractivity contribution in [3.05, 3.63) is 60.2 Å². The Kier molecular flexibility index (Phi) is 5.15. The maximum Gasteiger partial charge on any atom is 0.225 e. The molecule has 0 bridgehead atoms. The third-order valence-electron chi connectivity index (χ3n) is 4.14. The molecule has 2 aromatic heterocycles. The van der Waals surface area contributed by atoms with E-state index in [1.807, 2.05) is 24.3 Å². The van der Waals surface area contributed by atoms with Gasteiger partial charge in [-0.15, -0.1) is 0 Å². The Bertz CT molecular complexity index is 691. The normalized spacial score (nSPS) is 17.1. The summed E-state index contributed by atoms with van der Waals surface area (Å²) in [6, 6.07) is 7.63. The number of pyridine rings is 2. The highest BCUT2D eigenvalue weighted by Crippen LogP contribution is 2.20. The molecule has 1 aliphatic heterocycles. The molecule has 0 saturated carbocycles. The molecule has 1 aliphatic rings. The Labute approximate surface area is 140 Å². The van der Waals surface area contributed by atoms with Gasteiger partial charge in [-0.1, -0.05) is 6.07 Å². The molecule has 1 fully saturated rings. The van der Waals surface area contributed by atoms with Gasteiger partial charge in [0.15, 0.2) is 0 Å². The zero-order chi connectivity index (χ0) is 16.8. The highest BCUT2D eigenvalue weighted by Gasteiger charge is 2.33. The van der Waals surface area contributed by atoms with Crippen LogP contribution in [-0.2, 0) is 22.6 Å². The smallest absolute Gasteiger partial charge is 0.225 e. The lowest BCUT2D eigenvalue weighted by Crippen LogP contribution is -2.34. The second-order valence-electron chi connectivity index (χ2n) is 5.93. The number of rotatable bonds is 6. The van der Waals surface area contributed by atoms with E-state index in [0.717, 1.165) is 17.5 Å². The van der Waals surface area contributed by atoms with Crippen LogP contribution < -0.4 is 5.32 Å². The first kappa shape index (κ1) is 16.1. The zero-order valence-electron chi connectivity index (χ0n) is 13.4. The lowest BCUT2D eigenvalue weighted by molar-refractivity contribution is -0.129. The Morgan fingerprint density at radius 3 is 2.75 bits per heavy atom. The average Bonchev–Trinajstić information content (AvgIpc) is 2.97. The van der Waals surface area contributed by atoms with E-state index in [1.165, 1.54) is 0 Å². The summed E-state index contributed by atoms with van der Waals surface area (Å²) in [5, 5.41) is 2.92. The standard InChI is InChI=1S/C18H20N4O2/c23-17-10-16(13-22(17)12-15-3-7-19-8-4-15)18(24)21-9-5-14-2-1-6-20-11-14/h1-4,6-8,11,16H,5,9-10,12-13H2,(H,21,24)/t16-/m1/s1. The summed E-state index contributed by atoms with van der Waals surface area (Å²) < 4.78 is 0. The summed E-state index contributed by atoms with van der Waals surface area (Å²) in [4.78, 5) is 34.1. The van der Waals surface area contributed by atoms with E-state index in [0.29, 0.717) is 19.6 Å². The minimum atomic E-state index is -0.270. The van der Waals surface area contributed by atoms with Crippen LogP contribution >= 0.6 is 0 Å². The molecule has 6 nitrogen and oxygen atoms in total. The van der Waals surface area contributed by atoms with Crippen LogP contribution in [0.2, 0.25) is 0 Å². The molecule has 1 atom stereocenters. The van der Waals surface area contributed by atoms with Crippen molar-refractivity contribution in [2.24, 2.45) is 5.92 Å². The average molecular weight is 324 g/mol. The molecule has 1 saturated heterocycles. The van der Waals surface area contributed by atoms with Gasteiger partial charge in [-0.25, -0.2) is 0 Å². The van der Waals surface area contributed by atoms with Gasteiger partial charge in [-0.3, -0.25) is 19.6 Å². The molecule has 24 heavy (non-hydrogen) atoms. The van der Waals surface area contributed by atoms with Crippen molar-refractivity contribution in [3.8, 4) is 0 Å². The van der Waals surface area contributed by atoms with Crippen LogP contribution in [-0.4, -0.2) is 39.8 Å². The summed E-state index contributed by atoms with van der Waals surface area (Å²) >= 11 is 0. The highest BCUT2D eigenvalue weighted by atomic mass is 16.2. The van der Waals surface area contributed by atoms with Crippen molar-refractivity contribution in [2.45, 2.75) is 19.4 Å². The van der Waals surface area contributed by atoms with E-state index in [-0.39, 0.29) is 24.2 Å². The van der Waals surface area contributed by atoms with Crippen LogP contribution in [0.3, 0.4) is 0 Å². The van der Waals surface area contributed by atoms with Crippen molar-refractivity contribution in [1.82, 2.24) is 20.2 Å². The van der Waals surface area contributed by atoms with E-state index in [1.54, 1.807) is 29.7 Å². The van der Waals surface area contributed by atoms with Gasteiger partial charge in [0.2, 0.25) is 11.8 Å². The number of nitrogens with zero attached hydrogens (tertiary/aromatic N) is 3. The fourth-order valence-electron chi connectivity index (χ4n) is 2.83. The van der Waals surface area contributed by atoms with Crippen LogP contribution in [0.25, 0.3) is 0 Å². The van der Waals surface area contributed by atoms with Crippen molar-refractivity contribution >= 4 is 11.8 Å². The SMILES string of the molecule is O=C(NCCc1cccnc1)[C@@H]1CC(=O)N(Cc2ccncc2)C1. The number of carbonyl (C=O) groups excluding carboxylic acids is 2. The monoisotopic (exact) mass is 324 g/mol. The third kappa shape index (κ3) is 4.16. The number of hydrogen-bond acceptors (Lipinski definition) is 4. The van der Waals surface area contributed by atoms with Crippen molar-refractivity contribution in [2.75, 3.05) is 13.1 Å². The van der Waals surface area contributed by atoms with Crippen molar-refractivity contribution in [3.63, 3.8) is 0 Å².